The quantitative estimate of drug-likeness (QED) is 0.643. The first kappa shape index (κ1) is 17.1. The fourth-order valence-corrected chi connectivity index (χ4v) is 3.06. The summed E-state index contributed by atoms with van der Waals surface area (Å²) in [6.07, 6.45) is 0. The third-order valence-corrected chi connectivity index (χ3v) is 4.63. The molecular formula is C16H18BrNO3S. The Hall–Kier alpha value is -1.27. The van der Waals surface area contributed by atoms with Crippen LogP contribution in [0.25, 0.3) is 11.0 Å². The molecule has 1 N–H and O–H groups in total. The van der Waals surface area contributed by atoms with Crippen molar-refractivity contribution in [2.45, 2.75) is 25.5 Å². The van der Waals surface area contributed by atoms with Crippen molar-refractivity contribution in [3.63, 3.8) is 0 Å². The number of nitrogens with one attached hydrogen (secondary N) is 1. The van der Waals surface area contributed by atoms with Crippen LogP contribution in [-0.2, 0) is 0 Å². The summed E-state index contributed by atoms with van der Waals surface area (Å²) in [5.74, 6) is 0.393. The van der Waals surface area contributed by atoms with E-state index in [0.29, 0.717) is 17.5 Å². The van der Waals surface area contributed by atoms with Gasteiger partial charge in [-0.2, -0.15) is 11.8 Å². The molecule has 0 fully saturated rings. The fourth-order valence-electron chi connectivity index (χ4n) is 1.87. The topological polar surface area (TPSA) is 59.3 Å². The Balaban J connectivity index is 2.11. The van der Waals surface area contributed by atoms with Crippen molar-refractivity contribution in [3.05, 3.63) is 44.7 Å². The standard InChI is InChI=1S/C16H18BrNO3S/c1-16(2,3)22-7-6-18-14(19)12-9-10-8-11(17)4-5-13(10)21-15(12)20/h4-5,8-9H,6-7H2,1-3H3,(H,18,19). The molecule has 6 heteroatoms. The molecule has 0 radical (unpaired) electrons. The summed E-state index contributed by atoms with van der Waals surface area (Å²) in [6.45, 7) is 6.87. The number of carbonyl (C=O) groups excluding carboxylic acids is 1. The van der Waals surface area contributed by atoms with Crippen molar-refractivity contribution >= 4 is 44.6 Å². The van der Waals surface area contributed by atoms with Gasteiger partial charge in [-0.1, -0.05) is 36.7 Å². The van der Waals surface area contributed by atoms with E-state index in [9.17, 15) is 9.59 Å². The Labute approximate surface area is 141 Å². The number of benzene rings is 1. The molecule has 0 aliphatic rings. The van der Waals surface area contributed by atoms with Crippen LogP contribution in [0.3, 0.4) is 0 Å². The maximum atomic E-state index is 12.1. The van der Waals surface area contributed by atoms with Crippen LogP contribution < -0.4 is 10.9 Å². The molecule has 1 amide bonds. The molecule has 118 valence electrons. The molecule has 2 rings (SSSR count). The normalized spacial score (nSPS) is 11.6. The Morgan fingerprint density at radius 2 is 2.05 bits per heavy atom. The number of carbonyl (C=O) groups is 1. The molecule has 0 unspecified atom stereocenters. The number of hydrogen-bond acceptors (Lipinski definition) is 4. The van der Waals surface area contributed by atoms with Crippen LogP contribution in [0.5, 0.6) is 0 Å². The van der Waals surface area contributed by atoms with E-state index in [1.165, 1.54) is 0 Å². The van der Waals surface area contributed by atoms with Gasteiger partial charge in [0.2, 0.25) is 0 Å². The monoisotopic (exact) mass is 383 g/mol. The molecule has 0 bridgehead atoms. The van der Waals surface area contributed by atoms with Gasteiger partial charge in [0.1, 0.15) is 11.1 Å². The van der Waals surface area contributed by atoms with Crippen LogP contribution >= 0.6 is 27.7 Å². The number of amides is 1. The van der Waals surface area contributed by atoms with E-state index in [1.54, 1.807) is 30.0 Å². The molecule has 2 aromatic rings. The van der Waals surface area contributed by atoms with E-state index in [1.807, 2.05) is 6.07 Å². The van der Waals surface area contributed by atoms with Gasteiger partial charge in [-0.25, -0.2) is 4.79 Å². The van der Waals surface area contributed by atoms with E-state index in [-0.39, 0.29) is 10.3 Å². The molecule has 1 aromatic carbocycles. The highest BCUT2D eigenvalue weighted by Crippen LogP contribution is 2.22. The van der Waals surface area contributed by atoms with Crippen molar-refractivity contribution in [1.29, 1.82) is 0 Å². The predicted octanol–water partition coefficient (Wildman–Crippen LogP) is 3.82. The smallest absolute Gasteiger partial charge is 0.349 e. The highest BCUT2D eigenvalue weighted by atomic mass is 79.9. The van der Waals surface area contributed by atoms with Gasteiger partial charge in [-0.05, 0) is 24.3 Å². The summed E-state index contributed by atoms with van der Waals surface area (Å²) in [4.78, 5) is 24.0. The predicted molar refractivity (Wildman–Crippen MR) is 94.7 cm³/mol. The molecule has 1 aromatic heterocycles. The van der Waals surface area contributed by atoms with E-state index >= 15 is 0 Å². The van der Waals surface area contributed by atoms with E-state index < -0.39 is 11.5 Å². The van der Waals surface area contributed by atoms with Gasteiger partial charge >= 0.3 is 5.63 Å². The summed E-state index contributed by atoms with van der Waals surface area (Å²) >= 11 is 5.12. The molecular weight excluding hydrogens is 366 g/mol. The number of hydrogen-bond donors (Lipinski definition) is 1. The van der Waals surface area contributed by atoms with E-state index in [0.717, 1.165) is 10.2 Å². The first-order valence-corrected chi connectivity index (χ1v) is 8.70. The fraction of sp³-hybridized carbons (Fsp3) is 0.375. The SMILES string of the molecule is CC(C)(C)SCCNC(=O)c1cc2cc(Br)ccc2oc1=O. The maximum Gasteiger partial charge on any atom is 0.349 e. The molecule has 0 saturated heterocycles. The summed E-state index contributed by atoms with van der Waals surface area (Å²) in [6, 6.07) is 6.86. The zero-order valence-electron chi connectivity index (χ0n) is 12.7. The van der Waals surface area contributed by atoms with Crippen molar-refractivity contribution in [2.24, 2.45) is 0 Å². The Kier molecular flexibility index (Phi) is 5.34. The Morgan fingerprint density at radius 3 is 2.73 bits per heavy atom. The highest BCUT2D eigenvalue weighted by Gasteiger charge is 2.14. The zero-order valence-corrected chi connectivity index (χ0v) is 15.1. The van der Waals surface area contributed by atoms with Crippen molar-refractivity contribution in [1.82, 2.24) is 5.32 Å². The first-order chi connectivity index (χ1) is 10.3. The number of fused-ring (bicyclic) bond motifs is 1. The van der Waals surface area contributed by atoms with E-state index in [4.69, 9.17) is 4.42 Å². The first-order valence-electron chi connectivity index (χ1n) is 6.92. The molecule has 0 saturated carbocycles. The lowest BCUT2D eigenvalue weighted by Gasteiger charge is -2.17. The van der Waals surface area contributed by atoms with Crippen LogP contribution in [-0.4, -0.2) is 23.0 Å². The maximum absolute atomic E-state index is 12.1. The second kappa shape index (κ2) is 6.87. The third-order valence-electron chi connectivity index (χ3n) is 2.86. The number of thioether (sulfide) groups is 1. The molecule has 0 aliphatic carbocycles. The number of rotatable bonds is 4. The van der Waals surface area contributed by atoms with Crippen molar-refractivity contribution in [3.8, 4) is 0 Å². The van der Waals surface area contributed by atoms with Crippen molar-refractivity contribution in [2.75, 3.05) is 12.3 Å². The molecule has 0 spiro atoms. The Morgan fingerprint density at radius 1 is 1.32 bits per heavy atom. The lowest BCUT2D eigenvalue weighted by Crippen LogP contribution is -2.30. The van der Waals surface area contributed by atoms with Gasteiger partial charge in [-0.15, -0.1) is 0 Å². The van der Waals surface area contributed by atoms with E-state index in [2.05, 4.69) is 42.0 Å². The van der Waals surface area contributed by atoms with Gasteiger partial charge in [0, 0.05) is 26.9 Å². The Bertz CT molecular complexity index is 749. The van der Waals surface area contributed by atoms with Crippen LogP contribution in [0, 0.1) is 0 Å². The average molecular weight is 384 g/mol. The second-order valence-corrected chi connectivity index (χ2v) is 8.68. The molecule has 4 nitrogen and oxygen atoms in total. The minimum atomic E-state index is -0.615. The van der Waals surface area contributed by atoms with Crippen LogP contribution in [0.15, 0.2) is 37.9 Å². The van der Waals surface area contributed by atoms with Gasteiger partial charge < -0.3 is 9.73 Å². The lowest BCUT2D eigenvalue weighted by molar-refractivity contribution is 0.0952. The molecule has 1 heterocycles. The highest BCUT2D eigenvalue weighted by molar-refractivity contribution is 9.10. The number of halogens is 1. The van der Waals surface area contributed by atoms with Gasteiger partial charge in [0.25, 0.3) is 5.91 Å². The molecule has 0 atom stereocenters. The summed E-state index contributed by atoms with van der Waals surface area (Å²) in [5, 5.41) is 3.47. The second-order valence-electron chi connectivity index (χ2n) is 5.85. The summed E-state index contributed by atoms with van der Waals surface area (Å²) < 4.78 is 6.20. The van der Waals surface area contributed by atoms with Crippen molar-refractivity contribution < 1.29 is 9.21 Å². The minimum absolute atomic E-state index is 0.0337. The van der Waals surface area contributed by atoms with Gasteiger partial charge in [0.15, 0.2) is 0 Å². The average Bonchev–Trinajstić information content (AvgIpc) is 2.42. The zero-order chi connectivity index (χ0) is 16.3. The molecule has 0 aliphatic heterocycles. The minimum Gasteiger partial charge on any atom is -0.422 e. The largest absolute Gasteiger partial charge is 0.422 e. The van der Waals surface area contributed by atoms with Crippen LogP contribution in [0.2, 0.25) is 0 Å². The molecule has 22 heavy (non-hydrogen) atoms. The van der Waals surface area contributed by atoms with Gasteiger partial charge in [0.05, 0.1) is 0 Å². The van der Waals surface area contributed by atoms with Crippen LogP contribution in [0.1, 0.15) is 31.1 Å². The third kappa shape index (κ3) is 4.61. The van der Waals surface area contributed by atoms with Crippen LogP contribution in [0.4, 0.5) is 0 Å². The van der Waals surface area contributed by atoms with Gasteiger partial charge in [-0.3, -0.25) is 4.79 Å². The summed E-state index contributed by atoms with van der Waals surface area (Å²) in [5.41, 5.74) is -0.116. The lowest BCUT2D eigenvalue weighted by atomic mass is 10.2. The summed E-state index contributed by atoms with van der Waals surface area (Å²) in [7, 11) is 0.